The molecule has 0 atom stereocenters. The van der Waals surface area contributed by atoms with E-state index in [9.17, 15) is 0 Å². The highest BCUT2D eigenvalue weighted by Crippen LogP contribution is 2.44. The molecule has 0 N–H and O–H groups in total. The highest BCUT2D eigenvalue weighted by molar-refractivity contribution is 7.26. The van der Waals surface area contributed by atoms with Gasteiger partial charge in [-0.15, -0.1) is 11.3 Å². The Morgan fingerprint density at radius 1 is 0.348 bits per heavy atom. The molecule has 1 nitrogen and oxygen atoms in total. The lowest BCUT2D eigenvalue weighted by molar-refractivity contribution is 1.29. The molecule has 0 saturated carbocycles. The smallest absolute Gasteiger partial charge is 0.0468 e. The van der Waals surface area contributed by atoms with Crippen molar-refractivity contribution in [2.24, 2.45) is 0 Å². The minimum atomic E-state index is 1.12. The van der Waals surface area contributed by atoms with Crippen molar-refractivity contribution in [3.63, 3.8) is 0 Å². The van der Waals surface area contributed by atoms with Gasteiger partial charge in [-0.1, -0.05) is 127 Å². The van der Waals surface area contributed by atoms with Gasteiger partial charge in [-0.05, 0) is 92.3 Å². The van der Waals surface area contributed by atoms with Gasteiger partial charge in [0.1, 0.15) is 0 Å². The van der Waals surface area contributed by atoms with Crippen molar-refractivity contribution in [2.75, 3.05) is 4.90 Å². The molecule has 0 aliphatic rings. The Balaban J connectivity index is 1.17. The van der Waals surface area contributed by atoms with Crippen molar-refractivity contribution >= 4 is 70.1 Å². The quantitative estimate of drug-likeness (QED) is 0.189. The van der Waals surface area contributed by atoms with E-state index in [1.54, 1.807) is 0 Å². The predicted molar refractivity (Wildman–Crippen MR) is 200 cm³/mol. The third-order valence-electron chi connectivity index (χ3n) is 9.05. The van der Waals surface area contributed by atoms with Gasteiger partial charge in [0.25, 0.3) is 0 Å². The van der Waals surface area contributed by atoms with Crippen molar-refractivity contribution in [1.29, 1.82) is 0 Å². The number of nitrogens with zero attached hydrogens (tertiary/aromatic N) is 1. The number of anilines is 3. The Morgan fingerprint density at radius 3 is 1.67 bits per heavy atom. The van der Waals surface area contributed by atoms with Gasteiger partial charge >= 0.3 is 0 Å². The van der Waals surface area contributed by atoms with Crippen molar-refractivity contribution < 1.29 is 0 Å². The Bertz CT molecular complexity index is 2510. The molecule has 0 fully saturated rings. The molecule has 0 radical (unpaired) electrons. The van der Waals surface area contributed by atoms with Crippen molar-refractivity contribution in [1.82, 2.24) is 0 Å². The zero-order valence-corrected chi connectivity index (χ0v) is 25.9. The number of hydrogen-bond acceptors (Lipinski definition) is 2. The van der Waals surface area contributed by atoms with Gasteiger partial charge in [0, 0.05) is 37.2 Å². The molecule has 0 aliphatic heterocycles. The third-order valence-corrected chi connectivity index (χ3v) is 10.2. The SMILES string of the molecule is c1ccc(-c2ccc(N(c3ccc(-c4cc5sc6ccccc6c5c5ccccc45)cc3)c3ccc4ccccc4c3)cc2)cc1. The Morgan fingerprint density at radius 2 is 0.913 bits per heavy atom. The summed E-state index contributed by atoms with van der Waals surface area (Å²) in [5.74, 6) is 0. The normalized spacial score (nSPS) is 11.5. The summed E-state index contributed by atoms with van der Waals surface area (Å²) < 4.78 is 2.66. The van der Waals surface area contributed by atoms with Crippen molar-refractivity contribution in [3.8, 4) is 22.3 Å². The lowest BCUT2D eigenvalue weighted by Gasteiger charge is -2.26. The zero-order chi connectivity index (χ0) is 30.5. The molecule has 9 rings (SSSR count). The van der Waals surface area contributed by atoms with Crippen LogP contribution in [0.5, 0.6) is 0 Å². The van der Waals surface area contributed by atoms with Crippen LogP contribution < -0.4 is 4.90 Å². The third kappa shape index (κ3) is 4.54. The number of fused-ring (bicyclic) bond motifs is 6. The van der Waals surface area contributed by atoms with Gasteiger partial charge in [0.15, 0.2) is 0 Å². The fourth-order valence-electron chi connectivity index (χ4n) is 6.81. The van der Waals surface area contributed by atoms with Crippen molar-refractivity contribution in [2.45, 2.75) is 0 Å². The first-order chi connectivity index (χ1) is 22.8. The lowest BCUT2D eigenvalue weighted by atomic mass is 9.95. The van der Waals surface area contributed by atoms with E-state index in [0.29, 0.717) is 0 Å². The van der Waals surface area contributed by atoms with E-state index in [1.165, 1.54) is 64.0 Å². The van der Waals surface area contributed by atoms with Crippen LogP contribution in [0.15, 0.2) is 176 Å². The molecule has 0 bridgehead atoms. The van der Waals surface area contributed by atoms with Crippen LogP contribution in [0, 0.1) is 0 Å². The fourth-order valence-corrected chi connectivity index (χ4v) is 7.98. The van der Waals surface area contributed by atoms with E-state index in [2.05, 4.69) is 181 Å². The maximum Gasteiger partial charge on any atom is 0.0468 e. The summed E-state index contributed by atoms with van der Waals surface area (Å²) >= 11 is 1.88. The number of rotatable bonds is 5. The fraction of sp³-hybridized carbons (Fsp3) is 0. The summed E-state index contributed by atoms with van der Waals surface area (Å²) in [4.78, 5) is 2.36. The number of benzene rings is 8. The van der Waals surface area contributed by atoms with Crippen LogP contribution in [0.2, 0.25) is 0 Å². The molecule has 0 amide bonds. The van der Waals surface area contributed by atoms with Crippen LogP contribution in [-0.4, -0.2) is 0 Å². The van der Waals surface area contributed by atoms with Gasteiger partial charge in [-0.25, -0.2) is 0 Å². The molecule has 1 heterocycles. The minimum Gasteiger partial charge on any atom is -0.310 e. The highest BCUT2D eigenvalue weighted by atomic mass is 32.1. The van der Waals surface area contributed by atoms with Gasteiger partial charge in [-0.2, -0.15) is 0 Å². The molecule has 8 aromatic carbocycles. The van der Waals surface area contributed by atoms with E-state index in [-0.39, 0.29) is 0 Å². The molecule has 46 heavy (non-hydrogen) atoms. The van der Waals surface area contributed by atoms with Gasteiger partial charge in [0.2, 0.25) is 0 Å². The van der Waals surface area contributed by atoms with E-state index in [1.807, 2.05) is 11.3 Å². The summed E-state index contributed by atoms with van der Waals surface area (Å²) in [5.41, 5.74) is 8.30. The highest BCUT2D eigenvalue weighted by Gasteiger charge is 2.16. The molecular formula is C44H29NS. The van der Waals surface area contributed by atoms with Gasteiger partial charge in [0.05, 0.1) is 0 Å². The molecule has 0 saturated heterocycles. The van der Waals surface area contributed by atoms with Gasteiger partial charge < -0.3 is 4.90 Å². The minimum absolute atomic E-state index is 1.12. The second-order valence-electron chi connectivity index (χ2n) is 11.8. The van der Waals surface area contributed by atoms with E-state index < -0.39 is 0 Å². The Kier molecular flexibility index (Phi) is 6.40. The summed E-state index contributed by atoms with van der Waals surface area (Å²) in [6.07, 6.45) is 0. The summed E-state index contributed by atoms with van der Waals surface area (Å²) in [6.45, 7) is 0. The zero-order valence-electron chi connectivity index (χ0n) is 25.1. The molecule has 2 heteroatoms. The molecular weight excluding hydrogens is 575 g/mol. The first-order valence-electron chi connectivity index (χ1n) is 15.7. The largest absolute Gasteiger partial charge is 0.310 e. The monoisotopic (exact) mass is 603 g/mol. The second kappa shape index (κ2) is 11.0. The van der Waals surface area contributed by atoms with Crippen LogP contribution in [0.1, 0.15) is 0 Å². The second-order valence-corrected chi connectivity index (χ2v) is 12.9. The topological polar surface area (TPSA) is 3.24 Å². The van der Waals surface area contributed by atoms with Crippen LogP contribution >= 0.6 is 11.3 Å². The molecule has 0 unspecified atom stereocenters. The first-order valence-corrected chi connectivity index (χ1v) is 16.5. The summed E-state index contributed by atoms with van der Waals surface area (Å²) in [5, 5.41) is 7.76. The first kappa shape index (κ1) is 26.7. The average molecular weight is 604 g/mol. The number of hydrogen-bond donors (Lipinski definition) is 0. The lowest BCUT2D eigenvalue weighted by Crippen LogP contribution is -2.09. The van der Waals surface area contributed by atoms with E-state index in [4.69, 9.17) is 0 Å². The Hall–Kier alpha value is -5.70. The molecule has 9 aromatic rings. The van der Waals surface area contributed by atoms with Crippen LogP contribution in [0.3, 0.4) is 0 Å². The summed E-state index contributed by atoms with van der Waals surface area (Å²) in [7, 11) is 0. The maximum atomic E-state index is 2.39. The van der Waals surface area contributed by atoms with E-state index >= 15 is 0 Å². The molecule has 0 spiro atoms. The van der Waals surface area contributed by atoms with Gasteiger partial charge in [-0.3, -0.25) is 0 Å². The molecule has 0 aliphatic carbocycles. The average Bonchev–Trinajstić information content (AvgIpc) is 3.51. The molecule has 1 aromatic heterocycles. The van der Waals surface area contributed by atoms with Crippen LogP contribution in [-0.2, 0) is 0 Å². The standard InChI is InChI=1S/C44H29NS/c1-2-10-30(11-3-1)32-18-23-35(24-19-32)45(37-27-20-31-12-4-5-13-34(31)28-37)36-25-21-33(22-26-36)41-29-43-44(39-15-7-6-14-38(39)41)40-16-8-9-17-42(40)46-43/h1-29H. The number of thiophene rings is 1. The maximum absolute atomic E-state index is 2.39. The van der Waals surface area contributed by atoms with Crippen LogP contribution in [0.25, 0.3) is 64.0 Å². The molecule has 216 valence electrons. The predicted octanol–water partition coefficient (Wildman–Crippen LogP) is 13.2. The van der Waals surface area contributed by atoms with E-state index in [0.717, 1.165) is 17.1 Å². The Labute approximate surface area is 272 Å². The summed E-state index contributed by atoms with van der Waals surface area (Å²) in [6, 6.07) is 63.9. The van der Waals surface area contributed by atoms with Crippen LogP contribution in [0.4, 0.5) is 17.1 Å². The van der Waals surface area contributed by atoms with Crippen molar-refractivity contribution in [3.05, 3.63) is 176 Å².